The van der Waals surface area contributed by atoms with Gasteiger partial charge in [-0.2, -0.15) is 9.97 Å². The Bertz CT molecular complexity index is 677. The van der Waals surface area contributed by atoms with E-state index in [2.05, 4.69) is 20.3 Å². The highest BCUT2D eigenvalue weighted by molar-refractivity contribution is 7.89. The summed E-state index contributed by atoms with van der Waals surface area (Å²) in [6.45, 7) is 8.10. The summed E-state index contributed by atoms with van der Waals surface area (Å²) in [5.74, 6) is 1.28. The summed E-state index contributed by atoms with van der Waals surface area (Å²) in [7, 11) is -3.51. The first-order chi connectivity index (χ1) is 10.7. The van der Waals surface area contributed by atoms with Crippen molar-refractivity contribution in [2.75, 3.05) is 0 Å². The van der Waals surface area contributed by atoms with Gasteiger partial charge in [0.1, 0.15) is 11.5 Å². The van der Waals surface area contributed by atoms with E-state index in [0.29, 0.717) is 36.3 Å². The Morgan fingerprint density at radius 3 is 1.57 bits per heavy atom. The maximum absolute atomic E-state index is 12.2. The third-order valence-corrected chi connectivity index (χ3v) is 4.26. The molecule has 0 N–H and O–H groups in total. The summed E-state index contributed by atoms with van der Waals surface area (Å²) in [5.41, 5.74) is 0. The minimum absolute atomic E-state index is 0.0857. The molecule has 0 aromatic carbocycles. The van der Waals surface area contributed by atoms with E-state index < -0.39 is 9.84 Å². The Morgan fingerprint density at radius 2 is 1.22 bits per heavy atom. The molecule has 0 radical (unpaired) electrons. The van der Waals surface area contributed by atoms with E-state index in [9.17, 15) is 8.42 Å². The minimum atomic E-state index is -3.51. The summed E-state index contributed by atoms with van der Waals surface area (Å²) in [5, 5.41) is 7.56. The molecule has 0 unspecified atom stereocenters. The second-order valence-electron chi connectivity index (χ2n) is 6.44. The van der Waals surface area contributed by atoms with Crippen LogP contribution >= 0.6 is 0 Å². The Balaban J connectivity index is 1.98. The number of hydrogen-bond acceptors (Lipinski definition) is 8. The molecule has 0 aliphatic carbocycles. The summed E-state index contributed by atoms with van der Waals surface area (Å²) >= 11 is 0. The minimum Gasteiger partial charge on any atom is -0.338 e. The Morgan fingerprint density at radius 1 is 0.826 bits per heavy atom. The Hall–Kier alpha value is -1.77. The van der Waals surface area contributed by atoms with E-state index in [1.165, 1.54) is 0 Å². The third kappa shape index (κ3) is 5.74. The van der Waals surface area contributed by atoms with Crippen molar-refractivity contribution < 1.29 is 17.5 Å². The number of aromatic nitrogens is 4. The zero-order chi connectivity index (χ0) is 17.0. The zero-order valence-corrected chi connectivity index (χ0v) is 14.6. The molecule has 2 heterocycles. The van der Waals surface area contributed by atoms with Crippen molar-refractivity contribution in [3.05, 3.63) is 23.4 Å². The van der Waals surface area contributed by atoms with Crippen LogP contribution in [-0.2, 0) is 34.2 Å². The van der Waals surface area contributed by atoms with Crippen LogP contribution in [0.3, 0.4) is 0 Å². The normalized spacial score (nSPS) is 12.4. The van der Waals surface area contributed by atoms with Crippen molar-refractivity contribution in [2.24, 2.45) is 11.8 Å². The van der Waals surface area contributed by atoms with Crippen LogP contribution in [0.1, 0.15) is 51.1 Å². The second-order valence-corrected chi connectivity index (χ2v) is 8.50. The Kier molecular flexibility index (Phi) is 5.51. The second kappa shape index (κ2) is 7.20. The van der Waals surface area contributed by atoms with Crippen LogP contribution in [0.4, 0.5) is 0 Å². The molecule has 2 rings (SSSR count). The van der Waals surface area contributed by atoms with Gasteiger partial charge in [-0.25, -0.2) is 8.42 Å². The monoisotopic (exact) mass is 342 g/mol. The van der Waals surface area contributed by atoms with Crippen LogP contribution in [-0.4, -0.2) is 28.7 Å². The van der Waals surface area contributed by atoms with Crippen LogP contribution in [0.5, 0.6) is 0 Å². The van der Waals surface area contributed by atoms with Gasteiger partial charge in [-0.05, 0) is 11.8 Å². The molecule has 128 valence electrons. The quantitative estimate of drug-likeness (QED) is 0.715. The fourth-order valence-corrected chi connectivity index (χ4v) is 3.11. The number of hydrogen-bond donors (Lipinski definition) is 0. The van der Waals surface area contributed by atoms with Gasteiger partial charge in [0.05, 0.1) is 0 Å². The number of rotatable bonds is 8. The molecule has 0 atom stereocenters. The molecule has 9 heteroatoms. The van der Waals surface area contributed by atoms with Gasteiger partial charge in [-0.3, -0.25) is 0 Å². The predicted molar refractivity (Wildman–Crippen MR) is 82.0 cm³/mol. The SMILES string of the molecule is CC(C)Cc1noc(CS(=O)(=O)Cc2nc(CC(C)C)no2)n1. The standard InChI is InChI=1S/C14H22N4O4S/c1-9(2)5-11-15-13(21-17-11)7-23(19,20)8-14-16-12(18-22-14)6-10(3)4/h9-10H,5-8H2,1-4H3. The first kappa shape index (κ1) is 17.6. The molecule has 2 aromatic rings. The summed E-state index contributed by atoms with van der Waals surface area (Å²) in [6, 6.07) is 0. The number of sulfone groups is 1. The van der Waals surface area contributed by atoms with Gasteiger partial charge in [0.15, 0.2) is 21.5 Å². The average Bonchev–Trinajstić information content (AvgIpc) is 2.97. The fourth-order valence-electron chi connectivity index (χ4n) is 2.02. The van der Waals surface area contributed by atoms with Crippen LogP contribution in [0.2, 0.25) is 0 Å². The smallest absolute Gasteiger partial charge is 0.241 e. The van der Waals surface area contributed by atoms with Gasteiger partial charge in [-0.15, -0.1) is 0 Å². The third-order valence-electron chi connectivity index (χ3n) is 2.89. The van der Waals surface area contributed by atoms with E-state index in [-0.39, 0.29) is 23.3 Å². The maximum atomic E-state index is 12.2. The van der Waals surface area contributed by atoms with E-state index >= 15 is 0 Å². The summed E-state index contributed by atoms with van der Waals surface area (Å²) in [4.78, 5) is 8.20. The van der Waals surface area contributed by atoms with Gasteiger partial charge < -0.3 is 9.05 Å². The molecule has 0 saturated carbocycles. The van der Waals surface area contributed by atoms with Crippen molar-refractivity contribution in [1.29, 1.82) is 0 Å². The largest absolute Gasteiger partial charge is 0.338 e. The lowest BCUT2D eigenvalue weighted by molar-refractivity contribution is 0.375. The molecule has 0 saturated heterocycles. The topological polar surface area (TPSA) is 112 Å². The first-order valence-electron chi connectivity index (χ1n) is 7.57. The highest BCUT2D eigenvalue weighted by Crippen LogP contribution is 2.13. The fraction of sp³-hybridized carbons (Fsp3) is 0.714. The average molecular weight is 342 g/mol. The molecule has 8 nitrogen and oxygen atoms in total. The van der Waals surface area contributed by atoms with Crippen molar-refractivity contribution in [1.82, 2.24) is 20.3 Å². The molecule has 0 fully saturated rings. The predicted octanol–water partition coefficient (Wildman–Crippen LogP) is 1.96. The highest BCUT2D eigenvalue weighted by atomic mass is 32.2. The van der Waals surface area contributed by atoms with Gasteiger partial charge >= 0.3 is 0 Å². The van der Waals surface area contributed by atoms with E-state index in [1.807, 2.05) is 27.7 Å². The first-order valence-corrected chi connectivity index (χ1v) is 9.39. The van der Waals surface area contributed by atoms with Crippen molar-refractivity contribution in [3.8, 4) is 0 Å². The molecule has 0 bridgehead atoms. The molecule has 0 spiro atoms. The van der Waals surface area contributed by atoms with E-state index in [0.717, 1.165) is 0 Å². The molecule has 0 aliphatic rings. The molecule has 0 aliphatic heterocycles. The summed E-state index contributed by atoms with van der Waals surface area (Å²) < 4.78 is 34.3. The lowest BCUT2D eigenvalue weighted by Crippen LogP contribution is -2.08. The molecular formula is C14H22N4O4S. The summed E-state index contributed by atoms with van der Waals surface area (Å²) in [6.07, 6.45) is 1.29. The van der Waals surface area contributed by atoms with Gasteiger partial charge in [-0.1, -0.05) is 38.0 Å². The van der Waals surface area contributed by atoms with Crippen LogP contribution < -0.4 is 0 Å². The van der Waals surface area contributed by atoms with Crippen molar-refractivity contribution >= 4 is 9.84 Å². The molecule has 0 amide bonds. The van der Waals surface area contributed by atoms with Gasteiger partial charge in [0, 0.05) is 12.8 Å². The van der Waals surface area contributed by atoms with E-state index in [4.69, 9.17) is 9.05 Å². The Labute approximate surface area is 135 Å². The van der Waals surface area contributed by atoms with Crippen LogP contribution in [0, 0.1) is 11.8 Å². The zero-order valence-electron chi connectivity index (χ0n) is 13.8. The van der Waals surface area contributed by atoms with E-state index in [1.54, 1.807) is 0 Å². The molecular weight excluding hydrogens is 320 g/mol. The lowest BCUT2D eigenvalue weighted by Gasteiger charge is -1.97. The van der Waals surface area contributed by atoms with Crippen LogP contribution in [0.15, 0.2) is 9.05 Å². The van der Waals surface area contributed by atoms with Gasteiger partial charge in [0.25, 0.3) is 0 Å². The van der Waals surface area contributed by atoms with Crippen molar-refractivity contribution in [3.63, 3.8) is 0 Å². The van der Waals surface area contributed by atoms with Crippen LogP contribution in [0.25, 0.3) is 0 Å². The highest BCUT2D eigenvalue weighted by Gasteiger charge is 2.22. The van der Waals surface area contributed by atoms with Crippen molar-refractivity contribution in [2.45, 2.75) is 52.0 Å². The van der Waals surface area contributed by atoms with Gasteiger partial charge in [0.2, 0.25) is 11.8 Å². The number of nitrogens with zero attached hydrogens (tertiary/aromatic N) is 4. The maximum Gasteiger partial charge on any atom is 0.241 e. The molecule has 2 aromatic heterocycles. The molecule has 23 heavy (non-hydrogen) atoms. The lowest BCUT2D eigenvalue weighted by atomic mass is 10.1.